The van der Waals surface area contributed by atoms with Crippen LogP contribution in [0.1, 0.15) is 5.56 Å². The van der Waals surface area contributed by atoms with Crippen LogP contribution in [0.4, 0.5) is 0 Å². The number of rotatable bonds is 2. The number of aromatic nitrogens is 1. The summed E-state index contributed by atoms with van der Waals surface area (Å²) < 4.78 is 0. The van der Waals surface area contributed by atoms with Crippen LogP contribution in [0.15, 0.2) is 72.9 Å². The largest absolute Gasteiger partial charge is 0.254 e. The molecule has 3 rings (SSSR count). The van der Waals surface area contributed by atoms with Gasteiger partial charge in [0.05, 0.1) is 11.3 Å². The average Bonchev–Trinajstić information content (AvgIpc) is 2.56. The molecule has 2 aromatic carbocycles. The molecule has 1 aromatic heterocycles. The van der Waals surface area contributed by atoms with Crippen LogP contribution in [0.25, 0.3) is 22.4 Å². The fourth-order valence-electron chi connectivity index (χ4n) is 2.19. The molecule has 2 nitrogen and oxygen atoms in total. The Balaban J connectivity index is 2.23. The number of hydrogen-bond acceptors (Lipinski definition) is 2. The highest BCUT2D eigenvalue weighted by atomic mass is 14.7. The summed E-state index contributed by atoms with van der Waals surface area (Å²) in [5.74, 6) is 0. The maximum Gasteiger partial charge on any atom is 0.101 e. The molecule has 2 heteroatoms. The van der Waals surface area contributed by atoms with Crippen LogP contribution in [0.3, 0.4) is 0 Å². The highest BCUT2D eigenvalue weighted by Gasteiger charge is 2.09. The molecule has 0 spiro atoms. The molecular weight excluding hydrogens is 244 g/mol. The average molecular weight is 256 g/mol. The molecule has 0 N–H and O–H groups in total. The molecule has 3 aromatic rings. The number of nitrogens with zero attached hydrogens (tertiary/aromatic N) is 2. The van der Waals surface area contributed by atoms with Crippen molar-refractivity contribution in [3.8, 4) is 28.5 Å². The zero-order valence-corrected chi connectivity index (χ0v) is 10.8. The minimum atomic E-state index is 0.573. The topological polar surface area (TPSA) is 36.7 Å². The van der Waals surface area contributed by atoms with Gasteiger partial charge in [0, 0.05) is 17.3 Å². The van der Waals surface area contributed by atoms with Crippen LogP contribution in [0.5, 0.6) is 0 Å². The summed E-state index contributed by atoms with van der Waals surface area (Å²) in [4.78, 5) is 4.47. The summed E-state index contributed by atoms with van der Waals surface area (Å²) in [6.45, 7) is 0. The Kier molecular flexibility index (Phi) is 3.26. The van der Waals surface area contributed by atoms with Crippen LogP contribution < -0.4 is 0 Å². The van der Waals surface area contributed by atoms with Crippen molar-refractivity contribution in [1.29, 1.82) is 5.26 Å². The van der Waals surface area contributed by atoms with E-state index in [4.69, 9.17) is 5.26 Å². The molecule has 0 amide bonds. The monoisotopic (exact) mass is 256 g/mol. The molecular formula is C18H12N2. The van der Waals surface area contributed by atoms with E-state index < -0.39 is 0 Å². The van der Waals surface area contributed by atoms with Gasteiger partial charge in [-0.25, -0.2) is 0 Å². The van der Waals surface area contributed by atoms with Gasteiger partial charge in [-0.05, 0) is 11.6 Å². The number of nitriles is 1. The molecule has 0 saturated carbocycles. The second kappa shape index (κ2) is 5.38. The molecule has 0 radical (unpaired) electrons. The van der Waals surface area contributed by atoms with Crippen molar-refractivity contribution in [2.24, 2.45) is 0 Å². The Labute approximate surface area is 118 Å². The summed E-state index contributed by atoms with van der Waals surface area (Å²) in [5, 5.41) is 9.08. The van der Waals surface area contributed by atoms with Gasteiger partial charge in [0.25, 0.3) is 0 Å². The van der Waals surface area contributed by atoms with Gasteiger partial charge in [-0.1, -0.05) is 60.7 Å². The first kappa shape index (κ1) is 12.1. The number of hydrogen-bond donors (Lipinski definition) is 0. The lowest BCUT2D eigenvalue weighted by Crippen LogP contribution is -1.91. The van der Waals surface area contributed by atoms with Crippen LogP contribution >= 0.6 is 0 Å². The SMILES string of the molecule is N#Cc1cnc(-c2ccccc2)c(-c2ccccc2)c1. The first-order valence-corrected chi connectivity index (χ1v) is 6.39. The zero-order valence-electron chi connectivity index (χ0n) is 10.8. The van der Waals surface area contributed by atoms with Crippen LogP contribution in [-0.4, -0.2) is 4.98 Å². The Morgan fingerprint density at radius 3 is 2.00 bits per heavy atom. The third-order valence-corrected chi connectivity index (χ3v) is 3.15. The molecule has 0 aliphatic rings. The van der Waals surface area contributed by atoms with E-state index in [1.165, 1.54) is 0 Å². The van der Waals surface area contributed by atoms with E-state index in [1.54, 1.807) is 6.20 Å². The summed E-state index contributed by atoms with van der Waals surface area (Å²) >= 11 is 0. The van der Waals surface area contributed by atoms with Crippen molar-refractivity contribution in [2.75, 3.05) is 0 Å². The summed E-state index contributed by atoms with van der Waals surface area (Å²) in [6, 6.07) is 24.1. The van der Waals surface area contributed by atoms with Crippen molar-refractivity contribution in [3.63, 3.8) is 0 Å². The highest BCUT2D eigenvalue weighted by molar-refractivity contribution is 5.81. The smallest absolute Gasteiger partial charge is 0.101 e. The van der Waals surface area contributed by atoms with Gasteiger partial charge in [-0.3, -0.25) is 4.98 Å². The van der Waals surface area contributed by atoms with E-state index in [2.05, 4.69) is 11.1 Å². The third-order valence-electron chi connectivity index (χ3n) is 3.15. The summed E-state index contributed by atoms with van der Waals surface area (Å²) in [6.07, 6.45) is 1.62. The standard InChI is InChI=1S/C18H12N2/c19-12-14-11-17(15-7-3-1-4-8-15)18(20-13-14)16-9-5-2-6-10-16/h1-11,13H. The highest BCUT2D eigenvalue weighted by Crippen LogP contribution is 2.30. The Bertz CT molecular complexity index is 756. The lowest BCUT2D eigenvalue weighted by Gasteiger charge is -2.09. The Hall–Kier alpha value is -2.92. The maximum atomic E-state index is 9.08. The quantitative estimate of drug-likeness (QED) is 0.686. The van der Waals surface area contributed by atoms with Gasteiger partial charge in [0.15, 0.2) is 0 Å². The van der Waals surface area contributed by atoms with Gasteiger partial charge in [-0.15, -0.1) is 0 Å². The fourth-order valence-corrected chi connectivity index (χ4v) is 2.19. The van der Waals surface area contributed by atoms with Crippen molar-refractivity contribution in [1.82, 2.24) is 4.98 Å². The zero-order chi connectivity index (χ0) is 13.8. The lowest BCUT2D eigenvalue weighted by molar-refractivity contribution is 1.30. The molecule has 0 aliphatic carbocycles. The van der Waals surface area contributed by atoms with E-state index in [0.717, 1.165) is 22.4 Å². The summed E-state index contributed by atoms with van der Waals surface area (Å²) in [5.41, 5.74) is 4.57. The van der Waals surface area contributed by atoms with Crippen LogP contribution in [0.2, 0.25) is 0 Å². The molecule has 1 heterocycles. The van der Waals surface area contributed by atoms with Crippen molar-refractivity contribution >= 4 is 0 Å². The van der Waals surface area contributed by atoms with Crippen LogP contribution in [0, 0.1) is 11.3 Å². The van der Waals surface area contributed by atoms with Gasteiger partial charge >= 0.3 is 0 Å². The molecule has 0 saturated heterocycles. The number of pyridine rings is 1. The van der Waals surface area contributed by atoms with Crippen molar-refractivity contribution in [3.05, 3.63) is 78.5 Å². The summed E-state index contributed by atoms with van der Waals surface area (Å²) in [7, 11) is 0. The fraction of sp³-hybridized carbons (Fsp3) is 0. The number of benzene rings is 2. The van der Waals surface area contributed by atoms with Gasteiger partial charge in [0.2, 0.25) is 0 Å². The minimum absolute atomic E-state index is 0.573. The van der Waals surface area contributed by atoms with E-state index in [1.807, 2.05) is 66.7 Å². The molecule has 0 aliphatic heterocycles. The van der Waals surface area contributed by atoms with Crippen molar-refractivity contribution in [2.45, 2.75) is 0 Å². The molecule has 94 valence electrons. The van der Waals surface area contributed by atoms with Gasteiger partial charge in [-0.2, -0.15) is 5.26 Å². The van der Waals surface area contributed by atoms with Crippen LogP contribution in [-0.2, 0) is 0 Å². The van der Waals surface area contributed by atoms with E-state index in [0.29, 0.717) is 5.56 Å². The predicted octanol–water partition coefficient (Wildman–Crippen LogP) is 4.29. The second-order valence-electron chi connectivity index (χ2n) is 4.46. The van der Waals surface area contributed by atoms with Gasteiger partial charge < -0.3 is 0 Å². The second-order valence-corrected chi connectivity index (χ2v) is 4.46. The molecule has 0 bridgehead atoms. The minimum Gasteiger partial charge on any atom is -0.254 e. The molecule has 0 atom stereocenters. The molecule has 20 heavy (non-hydrogen) atoms. The maximum absolute atomic E-state index is 9.08. The first-order chi connectivity index (χ1) is 9.88. The molecule has 0 unspecified atom stereocenters. The van der Waals surface area contributed by atoms with Crippen molar-refractivity contribution < 1.29 is 0 Å². The lowest BCUT2D eigenvalue weighted by atomic mass is 9.98. The first-order valence-electron chi connectivity index (χ1n) is 6.39. The predicted molar refractivity (Wildman–Crippen MR) is 79.8 cm³/mol. The Morgan fingerprint density at radius 1 is 0.800 bits per heavy atom. The normalized spacial score (nSPS) is 9.95. The van der Waals surface area contributed by atoms with E-state index in [9.17, 15) is 0 Å². The Morgan fingerprint density at radius 2 is 1.40 bits per heavy atom. The molecule has 0 fully saturated rings. The van der Waals surface area contributed by atoms with Gasteiger partial charge in [0.1, 0.15) is 6.07 Å². The third kappa shape index (κ3) is 2.30. The van der Waals surface area contributed by atoms with E-state index in [-0.39, 0.29) is 0 Å². The van der Waals surface area contributed by atoms with E-state index >= 15 is 0 Å².